The molecule has 1 aromatic rings. The molecule has 0 atom stereocenters. The van der Waals surface area contributed by atoms with E-state index in [4.69, 9.17) is 13.9 Å². The zero-order valence-corrected chi connectivity index (χ0v) is 14.1. The third-order valence-electron chi connectivity index (χ3n) is 3.24. The fourth-order valence-corrected chi connectivity index (χ4v) is 1.94. The summed E-state index contributed by atoms with van der Waals surface area (Å²) in [6.07, 6.45) is 1.76. The Balaban J connectivity index is 2.59. The first-order chi connectivity index (χ1) is 9.96. The molecule has 21 heavy (non-hydrogen) atoms. The summed E-state index contributed by atoms with van der Waals surface area (Å²) in [5, 5.41) is 3.50. The van der Waals surface area contributed by atoms with Crippen molar-refractivity contribution in [1.29, 1.82) is 0 Å². The molecule has 0 saturated heterocycles. The number of hydrogen-bond acceptors (Lipinski definition) is 5. The van der Waals surface area contributed by atoms with E-state index in [1.54, 1.807) is 20.5 Å². The van der Waals surface area contributed by atoms with E-state index in [-0.39, 0.29) is 5.54 Å². The van der Waals surface area contributed by atoms with Gasteiger partial charge >= 0.3 is 0 Å². The van der Waals surface area contributed by atoms with E-state index in [2.05, 4.69) is 31.0 Å². The third kappa shape index (κ3) is 7.62. The van der Waals surface area contributed by atoms with E-state index >= 15 is 0 Å². The summed E-state index contributed by atoms with van der Waals surface area (Å²) in [7, 11) is 3.44. The Labute approximate surface area is 128 Å². The third-order valence-corrected chi connectivity index (χ3v) is 3.24. The predicted molar refractivity (Wildman–Crippen MR) is 84.3 cm³/mol. The number of ether oxygens (including phenoxy) is 2. The van der Waals surface area contributed by atoms with Gasteiger partial charge in [0.05, 0.1) is 26.0 Å². The lowest BCUT2D eigenvalue weighted by atomic mass is 10.1. The van der Waals surface area contributed by atoms with E-state index < -0.39 is 0 Å². The Kier molecular flexibility index (Phi) is 7.96. The summed E-state index contributed by atoms with van der Waals surface area (Å²) in [4.78, 5) is 2.28. The summed E-state index contributed by atoms with van der Waals surface area (Å²) >= 11 is 0. The van der Waals surface area contributed by atoms with Gasteiger partial charge in [0.2, 0.25) is 0 Å². The van der Waals surface area contributed by atoms with Crippen molar-refractivity contribution in [1.82, 2.24) is 10.2 Å². The molecule has 1 heterocycles. The minimum atomic E-state index is 0.0975. The highest BCUT2D eigenvalue weighted by Gasteiger charge is 2.14. The Morgan fingerprint density at radius 3 is 2.29 bits per heavy atom. The van der Waals surface area contributed by atoms with Gasteiger partial charge in [0.1, 0.15) is 5.76 Å². The van der Waals surface area contributed by atoms with E-state index in [9.17, 15) is 0 Å². The van der Waals surface area contributed by atoms with Crippen LogP contribution in [-0.4, -0.2) is 51.0 Å². The molecule has 0 aliphatic carbocycles. The molecule has 0 aromatic carbocycles. The van der Waals surface area contributed by atoms with Crippen LogP contribution in [0.1, 0.15) is 32.1 Å². The molecule has 5 nitrogen and oxygen atoms in total. The molecular formula is C16H30N2O3. The highest BCUT2D eigenvalue weighted by atomic mass is 16.5. The SMILES string of the molecule is COCCN(CCOC)Cc1occc1CNC(C)(C)C. The van der Waals surface area contributed by atoms with Crippen molar-refractivity contribution in [2.24, 2.45) is 0 Å². The molecule has 0 unspecified atom stereocenters. The highest BCUT2D eigenvalue weighted by molar-refractivity contribution is 5.17. The molecule has 0 fully saturated rings. The summed E-state index contributed by atoms with van der Waals surface area (Å²) < 4.78 is 16.0. The van der Waals surface area contributed by atoms with Gasteiger partial charge in [0, 0.05) is 45.0 Å². The summed E-state index contributed by atoms with van der Waals surface area (Å²) in [6.45, 7) is 11.2. The lowest BCUT2D eigenvalue weighted by molar-refractivity contribution is 0.106. The van der Waals surface area contributed by atoms with Gasteiger partial charge in [0.25, 0.3) is 0 Å². The lowest BCUT2D eigenvalue weighted by Gasteiger charge is -2.23. The maximum absolute atomic E-state index is 5.66. The van der Waals surface area contributed by atoms with Crippen LogP contribution in [0, 0.1) is 0 Å². The Bertz CT molecular complexity index is 377. The summed E-state index contributed by atoms with van der Waals surface area (Å²) in [5.74, 6) is 1.01. The number of nitrogens with zero attached hydrogens (tertiary/aromatic N) is 1. The van der Waals surface area contributed by atoms with Crippen molar-refractivity contribution in [3.05, 3.63) is 23.7 Å². The average molecular weight is 298 g/mol. The molecule has 1 rings (SSSR count). The van der Waals surface area contributed by atoms with Gasteiger partial charge in [-0.05, 0) is 26.8 Å². The van der Waals surface area contributed by atoms with E-state index in [1.807, 2.05) is 6.07 Å². The van der Waals surface area contributed by atoms with Gasteiger partial charge in [-0.15, -0.1) is 0 Å². The second kappa shape index (κ2) is 9.20. The first kappa shape index (κ1) is 18.2. The Morgan fingerprint density at radius 2 is 1.76 bits per heavy atom. The van der Waals surface area contributed by atoms with Gasteiger partial charge in [-0.1, -0.05) is 0 Å². The van der Waals surface area contributed by atoms with Crippen LogP contribution in [0.4, 0.5) is 0 Å². The smallest absolute Gasteiger partial charge is 0.122 e. The molecule has 0 aliphatic heterocycles. The van der Waals surface area contributed by atoms with Crippen LogP contribution in [0.2, 0.25) is 0 Å². The molecule has 1 N–H and O–H groups in total. The van der Waals surface area contributed by atoms with Crippen LogP contribution in [0.15, 0.2) is 16.7 Å². The Hall–Kier alpha value is -0.880. The molecule has 0 spiro atoms. The molecule has 1 aromatic heterocycles. The van der Waals surface area contributed by atoms with Crippen LogP contribution in [0.3, 0.4) is 0 Å². The van der Waals surface area contributed by atoms with Crippen molar-refractivity contribution in [2.75, 3.05) is 40.5 Å². The number of methoxy groups -OCH3 is 2. The average Bonchev–Trinajstić information content (AvgIpc) is 2.86. The molecular weight excluding hydrogens is 268 g/mol. The second-order valence-electron chi connectivity index (χ2n) is 6.23. The largest absolute Gasteiger partial charge is 0.468 e. The van der Waals surface area contributed by atoms with E-state index in [0.717, 1.165) is 31.9 Å². The number of hydrogen-bond donors (Lipinski definition) is 1. The molecule has 0 aliphatic rings. The quantitative estimate of drug-likeness (QED) is 0.718. The van der Waals surface area contributed by atoms with E-state index in [1.165, 1.54) is 5.56 Å². The number of furan rings is 1. The van der Waals surface area contributed by atoms with Crippen molar-refractivity contribution in [2.45, 2.75) is 39.4 Å². The number of nitrogens with one attached hydrogen (secondary N) is 1. The van der Waals surface area contributed by atoms with E-state index in [0.29, 0.717) is 13.2 Å². The molecule has 122 valence electrons. The zero-order chi connectivity index (χ0) is 15.7. The Morgan fingerprint density at radius 1 is 1.14 bits per heavy atom. The highest BCUT2D eigenvalue weighted by Crippen LogP contribution is 2.14. The maximum atomic E-state index is 5.66. The maximum Gasteiger partial charge on any atom is 0.122 e. The van der Waals surface area contributed by atoms with Crippen molar-refractivity contribution in [3.8, 4) is 0 Å². The van der Waals surface area contributed by atoms with Gasteiger partial charge in [-0.2, -0.15) is 0 Å². The first-order valence-corrected chi connectivity index (χ1v) is 7.47. The standard InChI is InChI=1S/C16H30N2O3/c1-16(2,3)17-12-14-6-9-21-15(14)13-18(7-10-19-4)8-11-20-5/h6,9,17H,7-8,10-13H2,1-5H3. The van der Waals surface area contributed by atoms with Crippen LogP contribution >= 0.6 is 0 Å². The minimum absolute atomic E-state index is 0.0975. The van der Waals surface area contributed by atoms with Crippen LogP contribution < -0.4 is 5.32 Å². The predicted octanol–water partition coefficient (Wildman–Crippen LogP) is 2.26. The second-order valence-corrected chi connectivity index (χ2v) is 6.23. The lowest BCUT2D eigenvalue weighted by Crippen LogP contribution is -2.35. The van der Waals surface area contributed by atoms with Crippen molar-refractivity contribution < 1.29 is 13.9 Å². The fraction of sp³-hybridized carbons (Fsp3) is 0.750. The zero-order valence-electron chi connectivity index (χ0n) is 14.1. The monoisotopic (exact) mass is 298 g/mol. The molecule has 0 bridgehead atoms. The molecule has 5 heteroatoms. The molecule has 0 radical (unpaired) electrons. The topological polar surface area (TPSA) is 46.9 Å². The number of rotatable bonds is 10. The van der Waals surface area contributed by atoms with Crippen LogP contribution in [0.25, 0.3) is 0 Å². The van der Waals surface area contributed by atoms with Crippen LogP contribution in [-0.2, 0) is 22.6 Å². The van der Waals surface area contributed by atoms with Gasteiger partial charge in [0.15, 0.2) is 0 Å². The van der Waals surface area contributed by atoms with Gasteiger partial charge < -0.3 is 19.2 Å². The first-order valence-electron chi connectivity index (χ1n) is 7.47. The summed E-state index contributed by atoms with van der Waals surface area (Å²) in [6, 6.07) is 2.04. The minimum Gasteiger partial charge on any atom is -0.468 e. The van der Waals surface area contributed by atoms with Crippen molar-refractivity contribution in [3.63, 3.8) is 0 Å². The van der Waals surface area contributed by atoms with Crippen LogP contribution in [0.5, 0.6) is 0 Å². The van der Waals surface area contributed by atoms with Crippen molar-refractivity contribution >= 4 is 0 Å². The van der Waals surface area contributed by atoms with Gasteiger partial charge in [-0.3, -0.25) is 4.90 Å². The molecule has 0 saturated carbocycles. The fourth-order valence-electron chi connectivity index (χ4n) is 1.94. The summed E-state index contributed by atoms with van der Waals surface area (Å²) in [5.41, 5.74) is 1.31. The molecule has 0 amide bonds. The van der Waals surface area contributed by atoms with Gasteiger partial charge in [-0.25, -0.2) is 0 Å². The normalized spacial score (nSPS) is 12.3.